The lowest BCUT2D eigenvalue weighted by Gasteiger charge is -2.41. The molecule has 5 heteroatoms. The van der Waals surface area contributed by atoms with Crippen molar-refractivity contribution in [3.8, 4) is 5.75 Å². The molecule has 1 aromatic carbocycles. The number of pyridine rings is 1. The van der Waals surface area contributed by atoms with E-state index in [-0.39, 0.29) is 11.9 Å². The van der Waals surface area contributed by atoms with Crippen LogP contribution in [0, 0.1) is 0 Å². The van der Waals surface area contributed by atoms with Gasteiger partial charge in [0.05, 0.1) is 13.2 Å². The smallest absolute Gasteiger partial charge is 0.219 e. The normalized spacial score (nSPS) is 18.4. The Balaban J connectivity index is 1.90. The van der Waals surface area contributed by atoms with Gasteiger partial charge in [-0.05, 0) is 23.8 Å². The summed E-state index contributed by atoms with van der Waals surface area (Å²) < 4.78 is 5.55. The van der Waals surface area contributed by atoms with E-state index in [1.54, 1.807) is 14.0 Å². The minimum Gasteiger partial charge on any atom is -0.496 e. The third-order valence-electron chi connectivity index (χ3n) is 4.57. The third-order valence-corrected chi connectivity index (χ3v) is 4.57. The van der Waals surface area contributed by atoms with E-state index >= 15 is 0 Å². The van der Waals surface area contributed by atoms with Gasteiger partial charge in [0.25, 0.3) is 0 Å². The summed E-state index contributed by atoms with van der Waals surface area (Å²) in [6.45, 7) is 4.74. The molecule has 126 valence electrons. The van der Waals surface area contributed by atoms with Crippen molar-refractivity contribution >= 4 is 5.91 Å². The number of carbonyl (C=O) groups excluding carboxylic acids is 1. The number of para-hydroxylation sites is 1. The maximum atomic E-state index is 11.9. The van der Waals surface area contributed by atoms with Gasteiger partial charge in [-0.2, -0.15) is 0 Å². The molecule has 1 aliphatic heterocycles. The number of hydrogen-bond acceptors (Lipinski definition) is 4. The Hall–Kier alpha value is -2.40. The number of aromatic nitrogens is 1. The highest BCUT2D eigenvalue weighted by Gasteiger charge is 2.31. The average molecular weight is 325 g/mol. The van der Waals surface area contributed by atoms with Gasteiger partial charge in [0.2, 0.25) is 5.91 Å². The molecule has 2 aromatic rings. The van der Waals surface area contributed by atoms with Gasteiger partial charge in [-0.3, -0.25) is 14.7 Å². The van der Waals surface area contributed by atoms with Crippen LogP contribution >= 0.6 is 0 Å². The molecular weight excluding hydrogens is 302 g/mol. The predicted molar refractivity (Wildman–Crippen MR) is 92.6 cm³/mol. The van der Waals surface area contributed by atoms with Gasteiger partial charge < -0.3 is 9.64 Å². The first-order chi connectivity index (χ1) is 11.7. The number of methoxy groups -OCH3 is 1. The van der Waals surface area contributed by atoms with E-state index in [4.69, 9.17) is 4.74 Å². The van der Waals surface area contributed by atoms with Crippen LogP contribution in [-0.2, 0) is 11.3 Å². The lowest BCUT2D eigenvalue weighted by atomic mass is 10.00. The van der Waals surface area contributed by atoms with Gasteiger partial charge in [-0.15, -0.1) is 0 Å². The molecule has 1 aromatic heterocycles. The first-order valence-electron chi connectivity index (χ1n) is 8.20. The maximum absolute atomic E-state index is 11.9. The molecular formula is C19H23N3O2. The summed E-state index contributed by atoms with van der Waals surface area (Å²) in [5.41, 5.74) is 2.35. The Morgan fingerprint density at radius 3 is 2.67 bits per heavy atom. The highest BCUT2D eigenvalue weighted by Crippen LogP contribution is 2.33. The zero-order valence-electron chi connectivity index (χ0n) is 14.2. The monoisotopic (exact) mass is 325 g/mol. The molecule has 1 saturated heterocycles. The minimum absolute atomic E-state index is 0.118. The van der Waals surface area contributed by atoms with E-state index in [9.17, 15) is 4.79 Å². The van der Waals surface area contributed by atoms with Crippen LogP contribution < -0.4 is 4.74 Å². The van der Waals surface area contributed by atoms with Crippen LogP contribution in [0.5, 0.6) is 5.75 Å². The van der Waals surface area contributed by atoms with E-state index in [2.05, 4.69) is 16.0 Å². The second kappa shape index (κ2) is 7.45. The number of nitrogens with zero attached hydrogens (tertiary/aromatic N) is 3. The average Bonchev–Trinajstić information content (AvgIpc) is 2.62. The Morgan fingerprint density at radius 2 is 1.96 bits per heavy atom. The molecule has 0 saturated carbocycles. The molecule has 24 heavy (non-hydrogen) atoms. The zero-order valence-corrected chi connectivity index (χ0v) is 14.2. The van der Waals surface area contributed by atoms with Crippen molar-refractivity contribution in [1.29, 1.82) is 0 Å². The molecule has 3 rings (SSSR count). The topological polar surface area (TPSA) is 45.7 Å². The molecule has 2 heterocycles. The summed E-state index contributed by atoms with van der Waals surface area (Å²) in [6.07, 6.45) is 3.64. The van der Waals surface area contributed by atoms with E-state index in [1.807, 2.05) is 47.6 Å². The van der Waals surface area contributed by atoms with Crippen LogP contribution in [0.2, 0.25) is 0 Å². The van der Waals surface area contributed by atoms with Crippen LogP contribution in [0.3, 0.4) is 0 Å². The maximum Gasteiger partial charge on any atom is 0.219 e. The fourth-order valence-electron chi connectivity index (χ4n) is 3.26. The molecule has 0 N–H and O–H groups in total. The van der Waals surface area contributed by atoms with Gasteiger partial charge in [-0.25, -0.2) is 0 Å². The molecule has 1 fully saturated rings. The predicted octanol–water partition coefficient (Wildman–Crippen LogP) is 2.50. The molecule has 1 aliphatic rings. The van der Waals surface area contributed by atoms with Crippen molar-refractivity contribution in [1.82, 2.24) is 14.8 Å². The third kappa shape index (κ3) is 3.57. The van der Waals surface area contributed by atoms with Gasteiger partial charge in [0, 0.05) is 51.1 Å². The van der Waals surface area contributed by atoms with Crippen molar-refractivity contribution in [2.75, 3.05) is 26.7 Å². The van der Waals surface area contributed by atoms with Crippen LogP contribution in [0.4, 0.5) is 0 Å². The number of piperazine rings is 1. The molecule has 0 bridgehead atoms. The number of rotatable bonds is 4. The van der Waals surface area contributed by atoms with Crippen molar-refractivity contribution in [3.63, 3.8) is 0 Å². The molecule has 1 amide bonds. The lowest BCUT2D eigenvalue weighted by Crippen LogP contribution is -2.49. The van der Waals surface area contributed by atoms with Gasteiger partial charge in [0.15, 0.2) is 0 Å². The van der Waals surface area contributed by atoms with Crippen LogP contribution in [0.1, 0.15) is 24.1 Å². The Kier molecular flexibility index (Phi) is 5.11. The summed E-state index contributed by atoms with van der Waals surface area (Å²) in [5.74, 6) is 0.992. The molecule has 0 aliphatic carbocycles. The molecule has 0 spiro atoms. The molecule has 0 unspecified atom stereocenters. The second-order valence-electron chi connectivity index (χ2n) is 6.05. The number of ether oxygens (including phenoxy) is 1. The van der Waals surface area contributed by atoms with Gasteiger partial charge in [0.1, 0.15) is 5.75 Å². The van der Waals surface area contributed by atoms with E-state index in [0.717, 1.165) is 30.9 Å². The largest absolute Gasteiger partial charge is 0.496 e. The zero-order chi connectivity index (χ0) is 16.9. The second-order valence-corrected chi connectivity index (χ2v) is 6.05. The van der Waals surface area contributed by atoms with Crippen molar-refractivity contribution < 1.29 is 9.53 Å². The SMILES string of the molecule is COc1ccccc1[C@@H]1CN(C(C)=O)CCN1Cc1ccncc1. The Morgan fingerprint density at radius 1 is 1.21 bits per heavy atom. The fourth-order valence-corrected chi connectivity index (χ4v) is 3.26. The van der Waals surface area contributed by atoms with Crippen LogP contribution in [0.15, 0.2) is 48.8 Å². The highest BCUT2D eigenvalue weighted by atomic mass is 16.5. The molecule has 5 nitrogen and oxygen atoms in total. The quantitative estimate of drug-likeness (QED) is 0.866. The van der Waals surface area contributed by atoms with E-state index < -0.39 is 0 Å². The number of benzene rings is 1. The van der Waals surface area contributed by atoms with Crippen LogP contribution in [0.25, 0.3) is 0 Å². The number of amides is 1. The summed E-state index contributed by atoms with van der Waals surface area (Å²) in [5, 5.41) is 0. The highest BCUT2D eigenvalue weighted by molar-refractivity contribution is 5.73. The number of hydrogen-bond donors (Lipinski definition) is 0. The summed E-state index contributed by atoms with van der Waals surface area (Å²) >= 11 is 0. The summed E-state index contributed by atoms with van der Waals surface area (Å²) in [7, 11) is 1.69. The minimum atomic E-state index is 0.118. The molecule has 0 radical (unpaired) electrons. The first-order valence-corrected chi connectivity index (χ1v) is 8.20. The van der Waals surface area contributed by atoms with Crippen molar-refractivity contribution in [3.05, 3.63) is 59.9 Å². The van der Waals surface area contributed by atoms with Gasteiger partial charge >= 0.3 is 0 Å². The first kappa shape index (κ1) is 16.5. The molecule has 1 atom stereocenters. The lowest BCUT2D eigenvalue weighted by molar-refractivity contribution is -0.132. The van der Waals surface area contributed by atoms with Crippen molar-refractivity contribution in [2.45, 2.75) is 19.5 Å². The Bertz CT molecular complexity index is 690. The fraction of sp³-hybridized carbons (Fsp3) is 0.368. The van der Waals surface area contributed by atoms with E-state index in [0.29, 0.717) is 6.54 Å². The van der Waals surface area contributed by atoms with Crippen molar-refractivity contribution in [2.24, 2.45) is 0 Å². The standard InChI is InChI=1S/C19H23N3O2/c1-15(23)21-11-12-22(13-16-7-9-20-10-8-16)18(14-21)17-5-3-4-6-19(17)24-2/h3-10,18H,11-14H2,1-2H3/t18-/m0/s1. The number of carbonyl (C=O) groups is 1. The van der Waals surface area contributed by atoms with Gasteiger partial charge in [-0.1, -0.05) is 18.2 Å². The summed E-state index contributed by atoms with van der Waals surface area (Å²) in [4.78, 5) is 20.3. The van der Waals surface area contributed by atoms with Crippen LogP contribution in [-0.4, -0.2) is 47.4 Å². The Labute approximate surface area is 142 Å². The summed E-state index contributed by atoms with van der Waals surface area (Å²) in [6, 6.07) is 12.3. The van der Waals surface area contributed by atoms with E-state index in [1.165, 1.54) is 5.56 Å².